The van der Waals surface area contributed by atoms with Crippen LogP contribution >= 0.6 is 23.2 Å². The molecule has 0 amide bonds. The van der Waals surface area contributed by atoms with E-state index in [1.807, 2.05) is 0 Å². The quantitative estimate of drug-likeness (QED) is 0.287. The van der Waals surface area contributed by atoms with Crippen LogP contribution in [0.3, 0.4) is 0 Å². The van der Waals surface area contributed by atoms with Crippen molar-refractivity contribution in [3.63, 3.8) is 0 Å². The molecule has 0 saturated carbocycles. The van der Waals surface area contributed by atoms with Crippen LogP contribution in [0.25, 0.3) is 0 Å². The zero-order valence-electron chi connectivity index (χ0n) is 8.54. The minimum absolute atomic E-state index is 0.0176. The van der Waals surface area contributed by atoms with Crippen molar-refractivity contribution in [2.75, 3.05) is 19.1 Å². The lowest BCUT2D eigenvalue weighted by Gasteiger charge is -2.04. The van der Waals surface area contributed by atoms with Gasteiger partial charge in [-0.15, -0.1) is 11.6 Å². The highest BCUT2D eigenvalue weighted by Crippen LogP contribution is 1.97. The van der Waals surface area contributed by atoms with E-state index in [4.69, 9.17) is 23.2 Å². The van der Waals surface area contributed by atoms with Gasteiger partial charge in [0.15, 0.2) is 0 Å². The first kappa shape index (κ1) is 15.2. The predicted octanol–water partition coefficient (Wildman–Crippen LogP) is 1.25. The Labute approximate surface area is 103 Å². The highest BCUT2D eigenvalue weighted by Gasteiger charge is 2.06. The second-order valence-electron chi connectivity index (χ2n) is 2.74. The van der Waals surface area contributed by atoms with Gasteiger partial charge in [-0.05, 0) is 11.6 Å². The zero-order valence-corrected chi connectivity index (χ0v) is 10.1. The van der Waals surface area contributed by atoms with Crippen LogP contribution < -0.4 is 0 Å². The second-order valence-corrected chi connectivity index (χ2v) is 3.53. The minimum atomic E-state index is -0.592. The third-order valence-electron chi connectivity index (χ3n) is 1.43. The lowest BCUT2D eigenvalue weighted by Crippen LogP contribution is -2.14. The third kappa shape index (κ3) is 9.73. The number of esters is 2. The van der Waals surface area contributed by atoms with Crippen LogP contribution in [0.1, 0.15) is 19.3 Å². The molecule has 0 atom stereocenters. The second kappa shape index (κ2) is 9.42. The van der Waals surface area contributed by atoms with E-state index in [2.05, 4.69) is 9.47 Å². The highest BCUT2D eigenvalue weighted by atomic mass is 35.5. The van der Waals surface area contributed by atoms with Crippen molar-refractivity contribution in [3.8, 4) is 0 Å². The average molecular weight is 271 g/mol. The highest BCUT2D eigenvalue weighted by molar-refractivity contribution is 6.63. The summed E-state index contributed by atoms with van der Waals surface area (Å²) in [6, 6.07) is 0. The summed E-state index contributed by atoms with van der Waals surface area (Å²) in [4.78, 5) is 32.0. The maximum absolute atomic E-state index is 10.9. The van der Waals surface area contributed by atoms with Crippen molar-refractivity contribution in [3.05, 3.63) is 0 Å². The van der Waals surface area contributed by atoms with E-state index in [1.165, 1.54) is 0 Å². The fourth-order valence-corrected chi connectivity index (χ4v) is 0.982. The molecular weight excluding hydrogens is 259 g/mol. The molecule has 0 unspecified atom stereocenters. The van der Waals surface area contributed by atoms with Gasteiger partial charge in [0.05, 0.1) is 12.8 Å². The lowest BCUT2D eigenvalue weighted by atomic mass is 10.3. The molecule has 0 fully saturated rings. The molecule has 5 nitrogen and oxygen atoms in total. The number of carbonyl (C=O) groups is 3. The molecule has 0 aliphatic carbocycles. The topological polar surface area (TPSA) is 69.7 Å². The normalized spacial score (nSPS) is 9.62. The van der Waals surface area contributed by atoms with Gasteiger partial charge in [-0.2, -0.15) is 0 Å². The van der Waals surface area contributed by atoms with Crippen molar-refractivity contribution >= 4 is 40.4 Å². The number of carbonyl (C=O) groups excluding carboxylic acids is 3. The van der Waals surface area contributed by atoms with Crippen molar-refractivity contribution in [1.29, 1.82) is 0 Å². The Morgan fingerprint density at radius 2 is 1.38 bits per heavy atom. The first-order valence-electron chi connectivity index (χ1n) is 4.61. The van der Waals surface area contributed by atoms with Crippen molar-refractivity contribution in [1.82, 2.24) is 0 Å². The SMILES string of the molecule is O=C(Cl)CCC(=O)OCCOC(=O)CCCl. The summed E-state index contributed by atoms with van der Waals surface area (Å²) in [7, 11) is 0. The van der Waals surface area contributed by atoms with Gasteiger partial charge in [0.1, 0.15) is 13.2 Å². The standard InChI is InChI=1S/C9H12Cl2O5/c10-4-3-9(14)16-6-5-15-8(13)2-1-7(11)12/h1-6H2. The van der Waals surface area contributed by atoms with Gasteiger partial charge in [-0.3, -0.25) is 14.4 Å². The number of rotatable bonds is 8. The minimum Gasteiger partial charge on any atom is -0.462 e. The van der Waals surface area contributed by atoms with E-state index in [0.29, 0.717) is 0 Å². The molecule has 0 N–H and O–H groups in total. The summed E-state index contributed by atoms with van der Waals surface area (Å²) in [5.74, 6) is -0.805. The summed E-state index contributed by atoms with van der Waals surface area (Å²) in [5.41, 5.74) is 0. The molecule has 0 radical (unpaired) electrons. The van der Waals surface area contributed by atoms with Crippen LogP contribution in [0, 0.1) is 0 Å². The number of hydrogen-bond acceptors (Lipinski definition) is 5. The van der Waals surface area contributed by atoms with Crippen molar-refractivity contribution < 1.29 is 23.9 Å². The van der Waals surface area contributed by atoms with Gasteiger partial charge >= 0.3 is 11.9 Å². The molecule has 0 aromatic heterocycles. The lowest BCUT2D eigenvalue weighted by molar-refractivity contribution is -0.152. The molecule has 0 aromatic rings. The van der Waals surface area contributed by atoms with E-state index in [9.17, 15) is 14.4 Å². The summed E-state index contributed by atoms with van der Waals surface area (Å²) in [6.45, 7) is -0.0559. The maximum Gasteiger partial charge on any atom is 0.307 e. The Balaban J connectivity index is 3.40. The van der Waals surface area contributed by atoms with Gasteiger partial charge in [-0.25, -0.2) is 0 Å². The number of ether oxygens (including phenoxy) is 2. The average Bonchev–Trinajstić information content (AvgIpc) is 2.22. The molecule has 0 heterocycles. The Morgan fingerprint density at radius 3 is 1.81 bits per heavy atom. The van der Waals surface area contributed by atoms with E-state index >= 15 is 0 Å². The molecule has 0 aliphatic heterocycles. The molecule has 0 aliphatic rings. The summed E-state index contributed by atoms with van der Waals surface area (Å²) >= 11 is 10.3. The molecule has 0 aromatic carbocycles. The van der Waals surface area contributed by atoms with Crippen molar-refractivity contribution in [2.24, 2.45) is 0 Å². The van der Waals surface area contributed by atoms with Crippen LogP contribution in [-0.4, -0.2) is 36.3 Å². The van der Waals surface area contributed by atoms with Crippen LogP contribution in [0.5, 0.6) is 0 Å². The molecule has 0 saturated heterocycles. The molecule has 0 bridgehead atoms. The summed E-state index contributed by atoms with van der Waals surface area (Å²) in [6.07, 6.45) is -0.0133. The van der Waals surface area contributed by atoms with Crippen LogP contribution in [0.2, 0.25) is 0 Å². The largest absolute Gasteiger partial charge is 0.462 e. The van der Waals surface area contributed by atoms with E-state index in [-0.39, 0.29) is 38.4 Å². The Hall–Kier alpha value is -0.810. The molecule has 7 heteroatoms. The van der Waals surface area contributed by atoms with Gasteiger partial charge in [0.25, 0.3) is 0 Å². The number of hydrogen-bond donors (Lipinski definition) is 0. The molecular formula is C9H12Cl2O5. The molecule has 16 heavy (non-hydrogen) atoms. The van der Waals surface area contributed by atoms with E-state index < -0.39 is 17.2 Å². The van der Waals surface area contributed by atoms with Gasteiger partial charge in [0.2, 0.25) is 5.24 Å². The Morgan fingerprint density at radius 1 is 0.875 bits per heavy atom. The van der Waals surface area contributed by atoms with Crippen molar-refractivity contribution in [2.45, 2.75) is 19.3 Å². The van der Waals surface area contributed by atoms with Crippen LogP contribution in [0.4, 0.5) is 0 Å². The fraction of sp³-hybridized carbons (Fsp3) is 0.667. The first-order valence-corrected chi connectivity index (χ1v) is 5.53. The summed E-state index contributed by atoms with van der Waals surface area (Å²) in [5, 5.41) is -0.592. The first-order chi connectivity index (χ1) is 7.56. The Kier molecular flexibility index (Phi) is 8.94. The van der Waals surface area contributed by atoms with Gasteiger partial charge in [0, 0.05) is 12.3 Å². The van der Waals surface area contributed by atoms with E-state index in [0.717, 1.165) is 0 Å². The number of halogens is 2. The smallest absolute Gasteiger partial charge is 0.307 e. The zero-order chi connectivity index (χ0) is 12.4. The summed E-state index contributed by atoms with van der Waals surface area (Å²) < 4.78 is 9.33. The monoisotopic (exact) mass is 270 g/mol. The van der Waals surface area contributed by atoms with Crippen LogP contribution in [0.15, 0.2) is 0 Å². The van der Waals surface area contributed by atoms with Gasteiger partial charge in [-0.1, -0.05) is 0 Å². The van der Waals surface area contributed by atoms with Gasteiger partial charge < -0.3 is 9.47 Å². The van der Waals surface area contributed by atoms with E-state index in [1.54, 1.807) is 0 Å². The fourth-order valence-electron chi connectivity index (χ4n) is 0.733. The number of alkyl halides is 1. The molecule has 0 spiro atoms. The Bertz CT molecular complexity index is 254. The third-order valence-corrected chi connectivity index (χ3v) is 1.81. The predicted molar refractivity (Wildman–Crippen MR) is 57.3 cm³/mol. The molecule has 92 valence electrons. The maximum atomic E-state index is 10.9. The molecule has 0 rings (SSSR count). The van der Waals surface area contributed by atoms with Crippen LogP contribution in [-0.2, 0) is 23.9 Å².